The van der Waals surface area contributed by atoms with Crippen molar-refractivity contribution in [3.8, 4) is 11.5 Å². The number of aryl methyl sites for hydroxylation is 1. The number of hydrogen-bond donors (Lipinski definition) is 1. The van der Waals surface area contributed by atoms with Crippen LogP contribution in [0, 0.1) is 6.92 Å². The van der Waals surface area contributed by atoms with Gasteiger partial charge in [-0.25, -0.2) is 0 Å². The van der Waals surface area contributed by atoms with E-state index >= 15 is 0 Å². The second kappa shape index (κ2) is 10.1. The standard InChI is InChI=1S/C31H26O5SSe/c1-20-7-15-24(16-8-20)36-37(33,34)28-19-27-29(21-9-13-23(32)14-10-21)30(31(28)35-27)22-11-17-26(18-12-22)38-25-5-3-2-4-6-25/h2-18,27-28,31-32H,19H2,1H3. The van der Waals surface area contributed by atoms with Crippen LogP contribution in [-0.2, 0) is 14.9 Å². The average Bonchev–Trinajstić information content (AvgIpc) is 3.52. The third-order valence-corrected chi connectivity index (χ3v) is 10.7. The van der Waals surface area contributed by atoms with E-state index in [0.717, 1.165) is 27.8 Å². The average molecular weight is 590 g/mol. The monoisotopic (exact) mass is 590 g/mol. The van der Waals surface area contributed by atoms with Crippen LogP contribution in [0.2, 0.25) is 0 Å². The predicted octanol–water partition coefficient (Wildman–Crippen LogP) is 4.21. The fourth-order valence-electron chi connectivity index (χ4n) is 5.11. The predicted molar refractivity (Wildman–Crippen MR) is 151 cm³/mol. The van der Waals surface area contributed by atoms with Crippen LogP contribution < -0.4 is 13.1 Å². The van der Waals surface area contributed by atoms with Crippen molar-refractivity contribution in [3.05, 3.63) is 120 Å². The van der Waals surface area contributed by atoms with Crippen LogP contribution in [0.25, 0.3) is 11.1 Å². The molecule has 0 spiro atoms. The molecule has 192 valence electrons. The number of aromatic hydroxyl groups is 1. The first-order valence-corrected chi connectivity index (χ1v) is 15.6. The van der Waals surface area contributed by atoms with Crippen molar-refractivity contribution in [1.29, 1.82) is 0 Å². The number of phenols is 1. The van der Waals surface area contributed by atoms with Gasteiger partial charge in [-0.1, -0.05) is 5.56 Å². The van der Waals surface area contributed by atoms with E-state index in [4.69, 9.17) is 8.92 Å². The van der Waals surface area contributed by atoms with E-state index in [2.05, 4.69) is 36.4 Å². The zero-order chi connectivity index (χ0) is 26.3. The first-order chi connectivity index (χ1) is 18.4. The molecule has 1 fully saturated rings. The van der Waals surface area contributed by atoms with Crippen LogP contribution in [0.3, 0.4) is 0 Å². The van der Waals surface area contributed by atoms with Crippen LogP contribution in [0.5, 0.6) is 11.5 Å². The van der Waals surface area contributed by atoms with Crippen LogP contribution in [0.1, 0.15) is 23.1 Å². The molecule has 2 aliphatic rings. The zero-order valence-corrected chi connectivity index (χ0v) is 23.2. The van der Waals surface area contributed by atoms with E-state index in [0.29, 0.717) is 12.2 Å². The van der Waals surface area contributed by atoms with E-state index in [1.165, 1.54) is 8.92 Å². The molecule has 1 saturated heterocycles. The Morgan fingerprint density at radius 1 is 0.789 bits per heavy atom. The summed E-state index contributed by atoms with van der Waals surface area (Å²) in [6, 6.07) is 32.7. The third-order valence-electron chi connectivity index (χ3n) is 6.92. The second-order valence-corrected chi connectivity index (χ2v) is 13.7. The van der Waals surface area contributed by atoms with Crippen LogP contribution in [0.15, 0.2) is 103 Å². The summed E-state index contributed by atoms with van der Waals surface area (Å²) in [4.78, 5) is 0. The normalized spacial score (nSPS) is 20.6. The summed E-state index contributed by atoms with van der Waals surface area (Å²) in [6.45, 7) is 1.94. The molecule has 0 aliphatic carbocycles. The maximum absolute atomic E-state index is 13.4. The molecule has 3 atom stereocenters. The van der Waals surface area contributed by atoms with E-state index in [-0.39, 0.29) is 26.8 Å². The van der Waals surface area contributed by atoms with Crippen molar-refractivity contribution in [2.45, 2.75) is 30.8 Å². The summed E-state index contributed by atoms with van der Waals surface area (Å²) < 4.78 is 41.3. The molecule has 5 nitrogen and oxygen atoms in total. The first-order valence-electron chi connectivity index (χ1n) is 12.4. The maximum atomic E-state index is 13.4. The van der Waals surface area contributed by atoms with Gasteiger partial charge >= 0.3 is 217 Å². The molecular formula is C31H26O5SSe. The number of benzene rings is 4. The first kappa shape index (κ1) is 25.0. The molecule has 2 bridgehead atoms. The zero-order valence-electron chi connectivity index (χ0n) is 20.7. The molecule has 4 aromatic rings. The Hall–Kier alpha value is -3.35. The minimum atomic E-state index is -3.95. The van der Waals surface area contributed by atoms with Gasteiger partial charge in [0.1, 0.15) is 0 Å². The molecule has 4 aromatic carbocycles. The van der Waals surface area contributed by atoms with Crippen molar-refractivity contribution in [2.24, 2.45) is 0 Å². The van der Waals surface area contributed by atoms with Gasteiger partial charge in [0.2, 0.25) is 0 Å². The van der Waals surface area contributed by atoms with Crippen molar-refractivity contribution in [1.82, 2.24) is 0 Å². The van der Waals surface area contributed by atoms with Gasteiger partial charge in [0.05, 0.1) is 0 Å². The van der Waals surface area contributed by atoms with E-state index in [9.17, 15) is 13.5 Å². The van der Waals surface area contributed by atoms with Crippen LogP contribution >= 0.6 is 0 Å². The summed E-state index contributed by atoms with van der Waals surface area (Å²) in [6.07, 6.45) is -0.716. The molecule has 0 radical (unpaired) electrons. The molecule has 6 rings (SSSR count). The molecule has 2 aliphatic heterocycles. The molecule has 0 aromatic heterocycles. The topological polar surface area (TPSA) is 72.8 Å². The van der Waals surface area contributed by atoms with Crippen molar-refractivity contribution in [2.75, 3.05) is 0 Å². The second-order valence-electron chi connectivity index (χ2n) is 9.52. The summed E-state index contributed by atoms with van der Waals surface area (Å²) in [7, 11) is -3.95. The Morgan fingerprint density at radius 3 is 2.08 bits per heavy atom. The number of phenolic OH excluding ortho intramolecular Hbond substituents is 1. The Labute approximate surface area is 229 Å². The fourth-order valence-corrected chi connectivity index (χ4v) is 8.28. The molecule has 2 heterocycles. The number of fused-ring (bicyclic) bond motifs is 2. The van der Waals surface area contributed by atoms with Gasteiger partial charge in [0.25, 0.3) is 0 Å². The summed E-state index contributed by atoms with van der Waals surface area (Å²) >= 11 is 0.174. The summed E-state index contributed by atoms with van der Waals surface area (Å²) in [5.41, 5.74) is 4.71. The van der Waals surface area contributed by atoms with Crippen LogP contribution in [0.4, 0.5) is 0 Å². The Balaban J connectivity index is 1.36. The molecule has 0 amide bonds. The van der Waals surface area contributed by atoms with Gasteiger partial charge in [-0.15, -0.1) is 0 Å². The Morgan fingerprint density at radius 2 is 1.39 bits per heavy atom. The SMILES string of the molecule is Cc1ccc(OS(=O)(=O)C2CC3OC2C(c2ccc([Se]c4ccccc4)cc2)=C3c2ccc(O)cc2)cc1. The minimum absolute atomic E-state index is 0.174. The fraction of sp³-hybridized carbons (Fsp3) is 0.161. The van der Waals surface area contributed by atoms with E-state index < -0.39 is 21.5 Å². The van der Waals surface area contributed by atoms with Crippen molar-refractivity contribution in [3.63, 3.8) is 0 Å². The van der Waals surface area contributed by atoms with Gasteiger partial charge in [-0.05, 0) is 6.92 Å². The molecule has 3 unspecified atom stereocenters. The van der Waals surface area contributed by atoms with Gasteiger partial charge in [-0.2, -0.15) is 0 Å². The van der Waals surface area contributed by atoms with E-state index in [1.54, 1.807) is 24.3 Å². The van der Waals surface area contributed by atoms with Crippen LogP contribution in [-0.4, -0.2) is 45.9 Å². The van der Waals surface area contributed by atoms with Gasteiger partial charge in [0.15, 0.2) is 0 Å². The number of rotatable bonds is 7. The molecular weight excluding hydrogens is 563 g/mol. The van der Waals surface area contributed by atoms with Gasteiger partial charge in [0, 0.05) is 0 Å². The number of hydrogen-bond acceptors (Lipinski definition) is 5. The van der Waals surface area contributed by atoms with E-state index in [1.807, 2.05) is 49.4 Å². The van der Waals surface area contributed by atoms with Crippen molar-refractivity contribution >= 4 is 45.1 Å². The molecule has 0 saturated carbocycles. The Bertz CT molecular complexity index is 1580. The van der Waals surface area contributed by atoms with Gasteiger partial charge in [-0.3, -0.25) is 0 Å². The summed E-state index contributed by atoms with van der Waals surface area (Å²) in [5, 5.41) is 9.01. The third kappa shape index (κ3) is 4.91. The Kier molecular flexibility index (Phi) is 6.62. The molecule has 7 heteroatoms. The number of ether oxygens (including phenoxy) is 1. The van der Waals surface area contributed by atoms with Crippen molar-refractivity contribution < 1.29 is 22.4 Å². The van der Waals surface area contributed by atoms with Gasteiger partial charge < -0.3 is 0 Å². The molecule has 38 heavy (non-hydrogen) atoms. The molecule has 1 N–H and O–H groups in total. The quantitative estimate of drug-likeness (QED) is 0.258. The summed E-state index contributed by atoms with van der Waals surface area (Å²) in [5.74, 6) is 0.481.